The average molecular weight is 242 g/mol. The summed E-state index contributed by atoms with van der Waals surface area (Å²) >= 11 is 0. The van der Waals surface area contributed by atoms with Crippen molar-refractivity contribution in [2.24, 2.45) is 17.8 Å². The summed E-state index contributed by atoms with van der Waals surface area (Å²) in [5.41, 5.74) is 0. The highest BCUT2D eigenvalue weighted by atomic mass is 16.5. The first kappa shape index (κ1) is 14.0. The summed E-state index contributed by atoms with van der Waals surface area (Å²) in [6.45, 7) is 5.50. The minimum absolute atomic E-state index is 0.0596. The fraction of sp³-hybridized carbons (Fsp3) is 0.846. The van der Waals surface area contributed by atoms with Gasteiger partial charge in [-0.2, -0.15) is 0 Å². The van der Waals surface area contributed by atoms with Crippen molar-refractivity contribution < 1.29 is 19.4 Å². The first-order chi connectivity index (χ1) is 7.90. The summed E-state index contributed by atoms with van der Waals surface area (Å²) in [6, 6.07) is 0. The van der Waals surface area contributed by atoms with Gasteiger partial charge in [0, 0.05) is 13.3 Å². The van der Waals surface area contributed by atoms with Crippen molar-refractivity contribution >= 4 is 11.9 Å². The molecule has 0 amide bonds. The van der Waals surface area contributed by atoms with Gasteiger partial charge in [-0.1, -0.05) is 20.3 Å². The van der Waals surface area contributed by atoms with Crippen molar-refractivity contribution in [3.8, 4) is 0 Å². The normalized spacial score (nSPS) is 30.6. The predicted octanol–water partition coefficient (Wildman–Crippen LogP) is 2.47. The van der Waals surface area contributed by atoms with Crippen LogP contribution >= 0.6 is 0 Å². The molecule has 1 fully saturated rings. The second-order valence-electron chi connectivity index (χ2n) is 5.31. The molecular weight excluding hydrogens is 220 g/mol. The maximum atomic E-state index is 11.1. The third kappa shape index (κ3) is 4.36. The highest BCUT2D eigenvalue weighted by Crippen LogP contribution is 2.36. The molecule has 0 aliphatic heterocycles. The molecule has 0 spiro atoms. The lowest BCUT2D eigenvalue weighted by Gasteiger charge is -2.37. The van der Waals surface area contributed by atoms with Gasteiger partial charge >= 0.3 is 11.9 Å². The third-order valence-corrected chi connectivity index (χ3v) is 3.65. The van der Waals surface area contributed by atoms with E-state index < -0.39 is 5.97 Å². The number of carboxylic acids is 1. The summed E-state index contributed by atoms with van der Waals surface area (Å²) in [5.74, 6) is -0.252. The van der Waals surface area contributed by atoms with Crippen molar-refractivity contribution in [3.63, 3.8) is 0 Å². The van der Waals surface area contributed by atoms with Crippen LogP contribution < -0.4 is 0 Å². The zero-order valence-electron chi connectivity index (χ0n) is 10.8. The molecule has 4 heteroatoms. The zero-order valence-corrected chi connectivity index (χ0v) is 10.8. The topological polar surface area (TPSA) is 63.6 Å². The standard InChI is InChI=1S/C13H22O4/c1-8-4-5-11(9(2)7-13(15)16)12(6-8)17-10(3)14/h8-9,11-12H,4-7H2,1-3H3,(H,15,16)/t8-,9?,11-,12+/m0/s1. The molecule has 1 aliphatic rings. The van der Waals surface area contributed by atoms with Gasteiger partial charge in [0.1, 0.15) is 6.10 Å². The number of hydrogen-bond acceptors (Lipinski definition) is 3. The van der Waals surface area contributed by atoms with Crippen molar-refractivity contribution in [2.75, 3.05) is 0 Å². The van der Waals surface area contributed by atoms with E-state index in [2.05, 4.69) is 6.92 Å². The van der Waals surface area contributed by atoms with Crippen LogP contribution in [0.1, 0.15) is 46.5 Å². The zero-order chi connectivity index (χ0) is 13.0. The lowest BCUT2D eigenvalue weighted by molar-refractivity contribution is -0.153. The lowest BCUT2D eigenvalue weighted by Crippen LogP contribution is -2.36. The van der Waals surface area contributed by atoms with Gasteiger partial charge in [-0.15, -0.1) is 0 Å². The number of esters is 1. The average Bonchev–Trinajstić information content (AvgIpc) is 2.15. The van der Waals surface area contributed by atoms with Crippen LogP contribution in [0.3, 0.4) is 0 Å². The van der Waals surface area contributed by atoms with Crippen LogP contribution in [0.15, 0.2) is 0 Å². The van der Waals surface area contributed by atoms with Crippen molar-refractivity contribution in [3.05, 3.63) is 0 Å². The van der Waals surface area contributed by atoms with Gasteiger partial charge in [0.2, 0.25) is 0 Å². The van der Waals surface area contributed by atoms with Gasteiger partial charge in [0.15, 0.2) is 0 Å². The van der Waals surface area contributed by atoms with E-state index in [0.29, 0.717) is 5.92 Å². The molecule has 0 aromatic rings. The number of aliphatic carboxylic acids is 1. The van der Waals surface area contributed by atoms with E-state index in [4.69, 9.17) is 9.84 Å². The van der Waals surface area contributed by atoms with Gasteiger partial charge in [-0.25, -0.2) is 0 Å². The SMILES string of the molecule is CC(=O)O[C@@H]1C[C@@H](C)CC[C@H]1C(C)CC(=O)O. The van der Waals surface area contributed by atoms with E-state index in [0.717, 1.165) is 19.3 Å². The Morgan fingerprint density at radius 3 is 2.59 bits per heavy atom. The Hall–Kier alpha value is -1.06. The van der Waals surface area contributed by atoms with Crippen molar-refractivity contribution in [1.82, 2.24) is 0 Å². The number of carboxylic acid groups (broad SMARTS) is 1. The van der Waals surface area contributed by atoms with E-state index in [-0.39, 0.29) is 30.3 Å². The Labute approximate surface area is 102 Å². The molecule has 98 valence electrons. The molecule has 4 atom stereocenters. The van der Waals surface area contributed by atoms with Gasteiger partial charge < -0.3 is 9.84 Å². The molecule has 1 aliphatic carbocycles. The molecule has 4 nitrogen and oxygen atoms in total. The molecule has 0 saturated heterocycles. The number of rotatable bonds is 4. The highest BCUT2D eigenvalue weighted by molar-refractivity contribution is 5.67. The van der Waals surface area contributed by atoms with E-state index in [1.807, 2.05) is 6.92 Å². The second kappa shape index (κ2) is 6.03. The van der Waals surface area contributed by atoms with Crippen LogP contribution in [0.5, 0.6) is 0 Å². The second-order valence-corrected chi connectivity index (χ2v) is 5.31. The molecule has 1 unspecified atom stereocenters. The first-order valence-corrected chi connectivity index (χ1v) is 6.29. The smallest absolute Gasteiger partial charge is 0.303 e. The van der Waals surface area contributed by atoms with Gasteiger partial charge in [0.25, 0.3) is 0 Å². The summed E-state index contributed by atoms with van der Waals surface area (Å²) in [6.07, 6.45) is 2.94. The minimum Gasteiger partial charge on any atom is -0.481 e. The van der Waals surface area contributed by atoms with E-state index in [9.17, 15) is 9.59 Å². The molecule has 0 aromatic heterocycles. The fourth-order valence-corrected chi connectivity index (χ4v) is 2.78. The summed E-state index contributed by atoms with van der Waals surface area (Å²) in [5, 5.41) is 8.83. The number of carbonyl (C=O) groups is 2. The molecule has 0 heterocycles. The maximum absolute atomic E-state index is 11.1. The van der Waals surface area contributed by atoms with Gasteiger partial charge in [-0.3, -0.25) is 9.59 Å². The monoisotopic (exact) mass is 242 g/mol. The maximum Gasteiger partial charge on any atom is 0.303 e. The largest absolute Gasteiger partial charge is 0.481 e. The number of hydrogen-bond donors (Lipinski definition) is 1. The van der Waals surface area contributed by atoms with Crippen LogP contribution in [-0.4, -0.2) is 23.1 Å². The summed E-state index contributed by atoms with van der Waals surface area (Å²) in [4.78, 5) is 21.8. The Morgan fingerprint density at radius 1 is 1.41 bits per heavy atom. The van der Waals surface area contributed by atoms with Crippen LogP contribution in [0.4, 0.5) is 0 Å². The van der Waals surface area contributed by atoms with Crippen LogP contribution in [0.25, 0.3) is 0 Å². The Bertz CT molecular complexity index is 287. The molecule has 0 aromatic carbocycles. The molecule has 1 rings (SSSR count). The van der Waals surface area contributed by atoms with E-state index >= 15 is 0 Å². The third-order valence-electron chi connectivity index (χ3n) is 3.65. The fourth-order valence-electron chi connectivity index (χ4n) is 2.78. The van der Waals surface area contributed by atoms with E-state index in [1.165, 1.54) is 6.92 Å². The molecule has 1 saturated carbocycles. The van der Waals surface area contributed by atoms with Crippen molar-refractivity contribution in [1.29, 1.82) is 0 Å². The highest BCUT2D eigenvalue weighted by Gasteiger charge is 2.35. The Kier molecular flexibility index (Phi) is 4.97. The summed E-state index contributed by atoms with van der Waals surface area (Å²) in [7, 11) is 0. The lowest BCUT2D eigenvalue weighted by atomic mass is 9.74. The molecule has 0 bridgehead atoms. The van der Waals surface area contributed by atoms with Crippen molar-refractivity contribution in [2.45, 2.75) is 52.6 Å². The van der Waals surface area contributed by atoms with Gasteiger partial charge in [0.05, 0.1) is 0 Å². The Morgan fingerprint density at radius 2 is 2.06 bits per heavy atom. The Balaban J connectivity index is 2.65. The predicted molar refractivity (Wildman–Crippen MR) is 63.5 cm³/mol. The van der Waals surface area contributed by atoms with Crippen LogP contribution in [-0.2, 0) is 14.3 Å². The minimum atomic E-state index is -0.780. The van der Waals surface area contributed by atoms with Crippen LogP contribution in [0.2, 0.25) is 0 Å². The van der Waals surface area contributed by atoms with Gasteiger partial charge in [-0.05, 0) is 30.6 Å². The number of ether oxygens (including phenoxy) is 1. The number of carbonyl (C=O) groups excluding carboxylic acids is 1. The van der Waals surface area contributed by atoms with E-state index in [1.54, 1.807) is 0 Å². The quantitative estimate of drug-likeness (QED) is 0.769. The first-order valence-electron chi connectivity index (χ1n) is 6.29. The van der Waals surface area contributed by atoms with Crippen LogP contribution in [0, 0.1) is 17.8 Å². The molecular formula is C13H22O4. The molecule has 17 heavy (non-hydrogen) atoms. The molecule has 1 N–H and O–H groups in total. The summed E-state index contributed by atoms with van der Waals surface area (Å²) < 4.78 is 5.35. The molecule has 0 radical (unpaired) electrons.